The minimum Gasteiger partial charge on any atom is -0.114 e. The van der Waals surface area contributed by atoms with E-state index in [1.165, 1.54) is 0 Å². The molecule has 0 heterocycles. The van der Waals surface area contributed by atoms with Gasteiger partial charge in [-0.25, -0.2) is 0 Å². The highest BCUT2D eigenvalue weighted by molar-refractivity contribution is 8.30. The van der Waals surface area contributed by atoms with Crippen LogP contribution in [0.3, 0.4) is 0 Å². The molecule has 3 heteroatoms. The average molecular weight is 166 g/mol. The molecule has 0 aliphatic heterocycles. The molecule has 0 spiro atoms. The molecule has 0 amide bonds. The highest BCUT2D eigenvalue weighted by Gasteiger charge is 1.97. The largest absolute Gasteiger partial charge is 0.114 e. The van der Waals surface area contributed by atoms with Gasteiger partial charge in [0.2, 0.25) is 0 Å². The van der Waals surface area contributed by atoms with Crippen molar-refractivity contribution < 1.29 is 0 Å². The van der Waals surface area contributed by atoms with Crippen LogP contribution in [0.4, 0.5) is 0 Å². The van der Waals surface area contributed by atoms with Gasteiger partial charge >= 0.3 is 0 Å². The van der Waals surface area contributed by atoms with Gasteiger partial charge in [-0.1, -0.05) is 26.9 Å². The minimum atomic E-state index is 0.224. The minimum absolute atomic E-state index is 0.224. The fraction of sp³-hybridized carbons (Fsp3) is 0.600. The lowest BCUT2D eigenvalue weighted by molar-refractivity contribution is 2.25. The summed E-state index contributed by atoms with van der Waals surface area (Å²) in [5.74, 6) is 4.37. The maximum atomic E-state index is 2.61. The zero-order chi connectivity index (χ0) is 6.57. The van der Waals surface area contributed by atoms with E-state index in [0.29, 0.717) is 7.61 Å². The molecule has 48 valence electrons. The average Bonchev–Trinajstić information content (AvgIpc) is 1.67. The third kappa shape index (κ3) is 3.96. The molecule has 0 N–H and O–H groups in total. The Kier molecular flexibility index (Phi) is 5.49. The number of hydrogen-bond acceptors (Lipinski definition) is 0. The summed E-state index contributed by atoms with van der Waals surface area (Å²) in [4.78, 5) is 0. The van der Waals surface area contributed by atoms with Gasteiger partial charge in [-0.15, -0.1) is 9.24 Å². The topological polar surface area (TPSA) is 0 Å². The van der Waals surface area contributed by atoms with Gasteiger partial charge < -0.3 is 0 Å². The molecule has 0 radical (unpaired) electrons. The van der Waals surface area contributed by atoms with Gasteiger partial charge in [0.05, 0.1) is 0 Å². The predicted molar refractivity (Wildman–Crippen MR) is 50.5 cm³/mol. The van der Waals surface area contributed by atoms with E-state index < -0.39 is 0 Å². The second kappa shape index (κ2) is 4.87. The molecule has 2 atom stereocenters. The van der Waals surface area contributed by atoms with Crippen LogP contribution in [0.1, 0.15) is 0 Å². The van der Waals surface area contributed by atoms with Crippen LogP contribution in [0.2, 0.25) is 0 Å². The summed E-state index contributed by atoms with van der Waals surface area (Å²) in [6, 6.07) is 0. The third-order valence-corrected chi connectivity index (χ3v) is 7.50. The van der Waals surface area contributed by atoms with Crippen LogP contribution in [0, 0.1) is 0 Å². The fourth-order valence-electron chi connectivity index (χ4n) is 0.258. The number of rotatable bonds is 2. The monoisotopic (exact) mass is 166 g/mol. The second-order valence-electron chi connectivity index (χ2n) is 1.76. The summed E-state index contributed by atoms with van der Waals surface area (Å²) in [6.45, 7) is 6.97. The summed E-state index contributed by atoms with van der Waals surface area (Å²) in [6.07, 6.45) is 0. The molecular weight excluding hydrogens is 153 g/mol. The Morgan fingerprint density at radius 1 is 1.25 bits per heavy atom. The molecule has 0 fully saturated rings. The Bertz CT molecular complexity index is 77.7. The number of hydrogen-bond donors (Lipinski definition) is 0. The quantitative estimate of drug-likeness (QED) is 0.553. The first kappa shape index (κ1) is 9.03. The first-order valence-electron chi connectivity index (χ1n) is 2.47. The van der Waals surface area contributed by atoms with E-state index in [9.17, 15) is 0 Å². The lowest BCUT2D eigenvalue weighted by Crippen LogP contribution is -1.59. The Hall–Kier alpha value is 1.03. The Labute approximate surface area is 56.7 Å². The van der Waals surface area contributed by atoms with E-state index in [-0.39, 0.29) is 7.61 Å². The van der Waals surface area contributed by atoms with Crippen LogP contribution in [-0.2, 0) is 0 Å². The van der Waals surface area contributed by atoms with Crippen molar-refractivity contribution in [1.29, 1.82) is 0 Å². The van der Waals surface area contributed by atoms with E-state index in [4.69, 9.17) is 0 Å². The Morgan fingerprint density at radius 3 is 1.88 bits per heavy atom. The molecule has 0 aliphatic carbocycles. The summed E-state index contributed by atoms with van der Waals surface area (Å²) in [5.41, 5.74) is 0. The summed E-state index contributed by atoms with van der Waals surface area (Å²) in [5, 5.41) is 0. The molecule has 0 rings (SSSR count). The lowest BCUT2D eigenvalue weighted by atomic mass is 11.3. The molecule has 2 unspecified atom stereocenters. The second-order valence-corrected chi connectivity index (χ2v) is 9.58. The van der Waals surface area contributed by atoms with E-state index in [1.54, 1.807) is 0 Å². The maximum Gasteiger partial charge on any atom is -0.0371 e. The SMILES string of the molecule is CP(C)P(C)/C=C\P. The zero-order valence-corrected chi connectivity index (χ0v) is 8.57. The molecule has 0 aromatic heterocycles. The van der Waals surface area contributed by atoms with Crippen LogP contribution in [0.15, 0.2) is 11.6 Å². The van der Waals surface area contributed by atoms with Crippen molar-refractivity contribution >= 4 is 24.5 Å². The van der Waals surface area contributed by atoms with Crippen LogP contribution in [0.5, 0.6) is 0 Å². The van der Waals surface area contributed by atoms with Crippen LogP contribution < -0.4 is 0 Å². The van der Waals surface area contributed by atoms with E-state index in [0.717, 1.165) is 0 Å². The zero-order valence-electron chi connectivity index (χ0n) is 5.63. The standard InChI is InChI=1S/C5H13P3/c1-7(2)8(3)5-4-6/h4-5H,6H2,1-3H3/b5-4-. The highest BCUT2D eigenvalue weighted by atomic mass is 32.1. The Balaban J connectivity index is 3.47. The predicted octanol–water partition coefficient (Wildman–Crippen LogP) is 3.10. The first-order chi connectivity index (χ1) is 3.68. The molecule has 0 saturated carbocycles. The van der Waals surface area contributed by atoms with Crippen molar-refractivity contribution in [3.8, 4) is 0 Å². The van der Waals surface area contributed by atoms with Crippen LogP contribution >= 0.6 is 24.5 Å². The highest BCUT2D eigenvalue weighted by Crippen LogP contribution is 2.62. The van der Waals surface area contributed by atoms with Gasteiger partial charge in [-0.05, 0) is 20.0 Å². The summed E-state index contributed by atoms with van der Waals surface area (Å²) in [7, 11) is 3.14. The first-order valence-corrected chi connectivity index (χ1v) is 7.93. The lowest BCUT2D eigenvalue weighted by Gasteiger charge is -2.09. The van der Waals surface area contributed by atoms with Crippen molar-refractivity contribution in [1.82, 2.24) is 0 Å². The Morgan fingerprint density at radius 2 is 1.75 bits per heavy atom. The van der Waals surface area contributed by atoms with E-state index in [1.807, 2.05) is 0 Å². The molecule has 8 heavy (non-hydrogen) atoms. The third-order valence-electron chi connectivity index (χ3n) is 0.933. The van der Waals surface area contributed by atoms with E-state index >= 15 is 0 Å². The van der Waals surface area contributed by atoms with Gasteiger partial charge in [0.1, 0.15) is 0 Å². The molecule has 0 aliphatic rings. The normalized spacial score (nSPS) is 15.6. The van der Waals surface area contributed by atoms with E-state index in [2.05, 4.69) is 40.9 Å². The van der Waals surface area contributed by atoms with Gasteiger partial charge in [-0.3, -0.25) is 0 Å². The molecule has 0 saturated heterocycles. The molecule has 0 aromatic rings. The van der Waals surface area contributed by atoms with Gasteiger partial charge in [-0.2, -0.15) is 0 Å². The van der Waals surface area contributed by atoms with Crippen molar-refractivity contribution in [2.75, 3.05) is 20.0 Å². The summed E-state index contributed by atoms with van der Waals surface area (Å²) < 4.78 is 0. The summed E-state index contributed by atoms with van der Waals surface area (Å²) >= 11 is 0. The van der Waals surface area contributed by atoms with Gasteiger partial charge in [0.15, 0.2) is 0 Å². The van der Waals surface area contributed by atoms with Crippen LogP contribution in [0.25, 0.3) is 0 Å². The van der Waals surface area contributed by atoms with Gasteiger partial charge in [0, 0.05) is 0 Å². The fourth-order valence-corrected chi connectivity index (χ4v) is 3.01. The smallest absolute Gasteiger partial charge is 0.0371 e. The maximum absolute atomic E-state index is 2.61. The van der Waals surface area contributed by atoms with Crippen molar-refractivity contribution in [2.45, 2.75) is 0 Å². The molecule has 0 bridgehead atoms. The van der Waals surface area contributed by atoms with Crippen molar-refractivity contribution in [2.24, 2.45) is 0 Å². The van der Waals surface area contributed by atoms with Crippen LogP contribution in [-0.4, -0.2) is 20.0 Å². The molecule has 0 aromatic carbocycles. The van der Waals surface area contributed by atoms with Gasteiger partial charge in [0.25, 0.3) is 0 Å². The molecule has 0 nitrogen and oxygen atoms in total. The molecular formula is C5H13P3. The van der Waals surface area contributed by atoms with Crippen molar-refractivity contribution in [3.05, 3.63) is 11.6 Å². The van der Waals surface area contributed by atoms with Crippen molar-refractivity contribution in [3.63, 3.8) is 0 Å².